The number of rotatable bonds is 14. The zero-order valence-corrected chi connectivity index (χ0v) is 13.6. The molecule has 0 radical (unpaired) electrons. The Morgan fingerprint density at radius 1 is 1.05 bits per heavy atom. The Bertz CT molecular complexity index is 373. The van der Waals surface area contributed by atoms with Gasteiger partial charge in [0, 0.05) is 6.42 Å². The fourth-order valence-corrected chi connectivity index (χ4v) is 1.99. The largest absolute Gasteiger partial charge is 0.481 e. The average molecular weight is 307 g/mol. The second-order valence-corrected chi connectivity index (χ2v) is 5.30. The van der Waals surface area contributed by atoms with Crippen LogP contribution < -0.4 is 0 Å². The van der Waals surface area contributed by atoms with Gasteiger partial charge in [0.1, 0.15) is 6.04 Å². The summed E-state index contributed by atoms with van der Waals surface area (Å²) >= 11 is 0. The van der Waals surface area contributed by atoms with E-state index in [1.807, 2.05) is 30.4 Å². The van der Waals surface area contributed by atoms with E-state index in [0.717, 1.165) is 44.9 Å². The van der Waals surface area contributed by atoms with Crippen molar-refractivity contribution in [1.29, 1.82) is 0 Å². The van der Waals surface area contributed by atoms with Crippen molar-refractivity contribution in [2.45, 2.75) is 70.8 Å². The van der Waals surface area contributed by atoms with Crippen LogP contribution in [0, 0.1) is 4.91 Å². The van der Waals surface area contributed by atoms with E-state index in [2.05, 4.69) is 18.2 Å². The summed E-state index contributed by atoms with van der Waals surface area (Å²) in [5.41, 5.74) is 0. The Labute approximate surface area is 134 Å². The van der Waals surface area contributed by atoms with Crippen molar-refractivity contribution in [3.8, 4) is 0 Å². The minimum absolute atomic E-state index is 0.279. The van der Waals surface area contributed by atoms with Crippen molar-refractivity contribution in [3.05, 3.63) is 41.4 Å². The molecule has 0 aliphatic heterocycles. The number of nitrogens with zero attached hydrogens (tertiary/aromatic N) is 1. The molecule has 124 valence electrons. The fraction of sp³-hybridized carbons (Fsp3) is 0.611. The van der Waals surface area contributed by atoms with Gasteiger partial charge in [-0.1, -0.05) is 67.8 Å². The first-order valence-corrected chi connectivity index (χ1v) is 8.23. The Balaban J connectivity index is 3.59. The Kier molecular flexibility index (Phi) is 14.5. The number of carboxylic acids is 1. The van der Waals surface area contributed by atoms with Crippen LogP contribution in [0.5, 0.6) is 0 Å². The van der Waals surface area contributed by atoms with Gasteiger partial charge in [-0.2, -0.15) is 4.91 Å². The molecule has 0 bridgehead atoms. The van der Waals surface area contributed by atoms with Crippen LogP contribution in [0.1, 0.15) is 64.7 Å². The monoisotopic (exact) mass is 307 g/mol. The molecular weight excluding hydrogens is 278 g/mol. The summed E-state index contributed by atoms with van der Waals surface area (Å²) in [6.07, 6.45) is 19.8. The lowest BCUT2D eigenvalue weighted by atomic mass is 10.1. The third kappa shape index (κ3) is 14.7. The van der Waals surface area contributed by atoms with E-state index in [-0.39, 0.29) is 12.5 Å². The lowest BCUT2D eigenvalue weighted by molar-refractivity contribution is -0.137. The maximum absolute atomic E-state index is 10.7. The highest BCUT2D eigenvalue weighted by Crippen LogP contribution is 2.08. The number of aliphatic carboxylic acids is 1. The zero-order valence-electron chi connectivity index (χ0n) is 13.6. The molecule has 0 aromatic heterocycles. The summed E-state index contributed by atoms with van der Waals surface area (Å²) in [6, 6.07) is -0.284. The third-order valence-corrected chi connectivity index (χ3v) is 3.26. The first-order valence-electron chi connectivity index (χ1n) is 8.23. The van der Waals surface area contributed by atoms with E-state index < -0.39 is 5.97 Å². The molecule has 1 unspecified atom stereocenters. The Hall–Kier alpha value is -1.71. The molecule has 0 amide bonds. The first kappa shape index (κ1) is 20.3. The van der Waals surface area contributed by atoms with Gasteiger partial charge in [0.25, 0.3) is 0 Å². The standard InChI is InChI=1S/C18H29NO3/c1-2-3-4-11-14-17(19-22)15-12-9-7-5-6-8-10-13-16-18(20)21/h3-4,9,11-12,14,17H,2,5-8,10,13,15-16H2,1H3,(H,20,21)/b4-3-,12-9-,14-11+. The van der Waals surface area contributed by atoms with Crippen LogP contribution in [0.4, 0.5) is 0 Å². The SMILES string of the molecule is CC/C=C\C=C\C(C/C=C\CCCCCCCC(=O)O)N=O. The van der Waals surface area contributed by atoms with Crippen LogP contribution in [0.15, 0.2) is 41.6 Å². The number of nitroso groups, excluding NO2 is 1. The second kappa shape index (κ2) is 15.7. The first-order chi connectivity index (χ1) is 10.7. The van der Waals surface area contributed by atoms with Crippen LogP contribution in [0.25, 0.3) is 0 Å². The van der Waals surface area contributed by atoms with Gasteiger partial charge in [-0.05, 0) is 32.1 Å². The molecule has 0 aliphatic rings. The van der Waals surface area contributed by atoms with Crippen LogP contribution >= 0.6 is 0 Å². The fourth-order valence-electron chi connectivity index (χ4n) is 1.99. The molecule has 0 rings (SSSR count). The maximum Gasteiger partial charge on any atom is 0.303 e. The summed E-state index contributed by atoms with van der Waals surface area (Å²) in [7, 11) is 0. The lowest BCUT2D eigenvalue weighted by Gasteiger charge is -1.99. The molecule has 0 heterocycles. The molecule has 4 nitrogen and oxygen atoms in total. The molecule has 4 heteroatoms. The van der Waals surface area contributed by atoms with Crippen molar-refractivity contribution < 1.29 is 9.90 Å². The Morgan fingerprint density at radius 2 is 1.77 bits per heavy atom. The van der Waals surface area contributed by atoms with Gasteiger partial charge in [-0.25, -0.2) is 0 Å². The summed E-state index contributed by atoms with van der Waals surface area (Å²) < 4.78 is 0. The third-order valence-electron chi connectivity index (χ3n) is 3.26. The quantitative estimate of drug-likeness (QED) is 0.202. The summed E-state index contributed by atoms with van der Waals surface area (Å²) in [4.78, 5) is 21.0. The van der Waals surface area contributed by atoms with Crippen molar-refractivity contribution in [2.24, 2.45) is 5.18 Å². The van der Waals surface area contributed by atoms with Crippen molar-refractivity contribution in [3.63, 3.8) is 0 Å². The highest BCUT2D eigenvalue weighted by molar-refractivity contribution is 5.66. The normalized spacial score (nSPS) is 13.3. The van der Waals surface area contributed by atoms with Gasteiger partial charge in [-0.3, -0.25) is 4.79 Å². The summed E-state index contributed by atoms with van der Waals surface area (Å²) in [5.74, 6) is -0.708. The van der Waals surface area contributed by atoms with Crippen molar-refractivity contribution >= 4 is 5.97 Å². The summed E-state index contributed by atoms with van der Waals surface area (Å²) in [6.45, 7) is 2.06. The van der Waals surface area contributed by atoms with Gasteiger partial charge in [0.2, 0.25) is 0 Å². The number of allylic oxidation sites excluding steroid dienone is 4. The molecule has 1 N–H and O–H groups in total. The number of unbranched alkanes of at least 4 members (excludes halogenated alkanes) is 5. The number of carbonyl (C=O) groups is 1. The van der Waals surface area contributed by atoms with Crippen LogP contribution in [-0.4, -0.2) is 17.1 Å². The predicted octanol–water partition coefficient (Wildman–Crippen LogP) is 5.41. The van der Waals surface area contributed by atoms with Gasteiger partial charge < -0.3 is 5.11 Å². The lowest BCUT2D eigenvalue weighted by Crippen LogP contribution is -1.95. The minimum Gasteiger partial charge on any atom is -0.481 e. The van der Waals surface area contributed by atoms with Crippen LogP contribution in [-0.2, 0) is 4.79 Å². The maximum atomic E-state index is 10.7. The van der Waals surface area contributed by atoms with Crippen molar-refractivity contribution in [1.82, 2.24) is 0 Å². The molecule has 0 aromatic rings. The molecule has 22 heavy (non-hydrogen) atoms. The van der Waals surface area contributed by atoms with Gasteiger partial charge in [0.15, 0.2) is 0 Å². The van der Waals surface area contributed by atoms with Crippen LogP contribution in [0.2, 0.25) is 0 Å². The average Bonchev–Trinajstić information content (AvgIpc) is 2.50. The van der Waals surface area contributed by atoms with E-state index in [4.69, 9.17) is 5.11 Å². The Morgan fingerprint density at radius 3 is 2.45 bits per heavy atom. The van der Waals surface area contributed by atoms with Crippen molar-refractivity contribution in [2.75, 3.05) is 0 Å². The molecule has 0 aromatic carbocycles. The topological polar surface area (TPSA) is 66.7 Å². The highest BCUT2D eigenvalue weighted by atomic mass is 16.4. The highest BCUT2D eigenvalue weighted by Gasteiger charge is 1.99. The molecule has 0 spiro atoms. The number of hydrogen-bond donors (Lipinski definition) is 1. The van der Waals surface area contributed by atoms with Crippen LogP contribution in [0.3, 0.4) is 0 Å². The molecule has 0 aliphatic carbocycles. The number of hydrogen-bond acceptors (Lipinski definition) is 3. The summed E-state index contributed by atoms with van der Waals surface area (Å²) in [5, 5.41) is 11.6. The smallest absolute Gasteiger partial charge is 0.303 e. The predicted molar refractivity (Wildman–Crippen MR) is 91.9 cm³/mol. The van der Waals surface area contributed by atoms with E-state index >= 15 is 0 Å². The van der Waals surface area contributed by atoms with Gasteiger partial charge >= 0.3 is 5.97 Å². The second-order valence-electron chi connectivity index (χ2n) is 5.30. The molecule has 0 fully saturated rings. The minimum atomic E-state index is -0.708. The van der Waals surface area contributed by atoms with E-state index in [1.165, 1.54) is 0 Å². The molecule has 0 saturated heterocycles. The molecule has 1 atom stereocenters. The zero-order chi connectivity index (χ0) is 16.5. The van der Waals surface area contributed by atoms with Gasteiger partial charge in [0.05, 0.1) is 0 Å². The van der Waals surface area contributed by atoms with E-state index in [9.17, 15) is 9.70 Å². The number of carboxylic acid groups (broad SMARTS) is 1. The molecular formula is C18H29NO3. The van der Waals surface area contributed by atoms with Gasteiger partial charge in [-0.15, -0.1) is 0 Å². The molecule has 0 saturated carbocycles. The van der Waals surface area contributed by atoms with E-state index in [1.54, 1.807) is 0 Å². The van der Waals surface area contributed by atoms with E-state index in [0.29, 0.717) is 6.42 Å².